The number of aromatic hydroxyl groups is 1. The minimum Gasteiger partial charge on any atom is -0.508 e. The second-order valence-electron chi connectivity index (χ2n) is 5.33. The number of anilines is 1. The Morgan fingerprint density at radius 3 is 2.43 bits per heavy atom. The summed E-state index contributed by atoms with van der Waals surface area (Å²) in [6.07, 6.45) is -1.15. The normalized spacial score (nSPS) is 23.1. The number of hydrogen-bond acceptors (Lipinski definition) is 5. The fourth-order valence-corrected chi connectivity index (χ4v) is 2.92. The standard InChI is InChI=1S/C17H17NO5/c1-22-12-6-3-10(4-7-12)17(21)13-9-11(19)5-8-14(13)18-16(20)15(17)23-2/h3-9,15,19,21H,1-2H3,(H,18,20). The number of benzene rings is 2. The van der Waals surface area contributed by atoms with Gasteiger partial charge in [-0.25, -0.2) is 0 Å². The maximum absolute atomic E-state index is 12.3. The van der Waals surface area contributed by atoms with Gasteiger partial charge in [-0.15, -0.1) is 0 Å². The molecule has 0 spiro atoms. The Hall–Kier alpha value is -2.57. The first-order valence-electron chi connectivity index (χ1n) is 7.04. The number of rotatable bonds is 3. The molecule has 1 aliphatic rings. The van der Waals surface area contributed by atoms with Crippen molar-refractivity contribution in [3.63, 3.8) is 0 Å². The van der Waals surface area contributed by atoms with Crippen molar-refractivity contribution in [2.45, 2.75) is 11.7 Å². The highest BCUT2D eigenvalue weighted by Crippen LogP contribution is 2.43. The SMILES string of the molecule is COc1ccc(C2(O)c3cc(O)ccc3NC(=O)C2OC)cc1. The van der Waals surface area contributed by atoms with Crippen LogP contribution in [0.15, 0.2) is 42.5 Å². The summed E-state index contributed by atoms with van der Waals surface area (Å²) in [7, 11) is 2.90. The van der Waals surface area contributed by atoms with Gasteiger partial charge in [-0.1, -0.05) is 12.1 Å². The topological polar surface area (TPSA) is 88.0 Å². The molecule has 0 saturated carbocycles. The van der Waals surface area contributed by atoms with E-state index in [1.807, 2.05) is 0 Å². The molecule has 0 aliphatic carbocycles. The van der Waals surface area contributed by atoms with E-state index in [4.69, 9.17) is 9.47 Å². The molecule has 6 nitrogen and oxygen atoms in total. The van der Waals surface area contributed by atoms with Crippen LogP contribution in [-0.4, -0.2) is 36.4 Å². The van der Waals surface area contributed by atoms with Crippen LogP contribution in [0.25, 0.3) is 0 Å². The Labute approximate surface area is 133 Å². The van der Waals surface area contributed by atoms with Gasteiger partial charge in [0.05, 0.1) is 7.11 Å². The zero-order chi connectivity index (χ0) is 16.6. The van der Waals surface area contributed by atoms with Crippen LogP contribution < -0.4 is 10.1 Å². The fourth-order valence-electron chi connectivity index (χ4n) is 2.92. The lowest BCUT2D eigenvalue weighted by molar-refractivity contribution is -0.142. The van der Waals surface area contributed by atoms with Crippen LogP contribution >= 0.6 is 0 Å². The lowest BCUT2D eigenvalue weighted by Gasteiger charge is -2.40. The lowest BCUT2D eigenvalue weighted by Crippen LogP contribution is -2.52. The van der Waals surface area contributed by atoms with E-state index in [1.54, 1.807) is 37.4 Å². The summed E-state index contributed by atoms with van der Waals surface area (Å²) in [5.74, 6) is 0.161. The number of phenols is 1. The predicted molar refractivity (Wildman–Crippen MR) is 83.5 cm³/mol. The molecule has 1 amide bonds. The zero-order valence-corrected chi connectivity index (χ0v) is 12.7. The lowest BCUT2D eigenvalue weighted by atomic mass is 9.78. The average Bonchev–Trinajstić information content (AvgIpc) is 2.56. The first-order chi connectivity index (χ1) is 11.0. The molecule has 23 heavy (non-hydrogen) atoms. The van der Waals surface area contributed by atoms with Crippen molar-refractivity contribution < 1.29 is 24.5 Å². The van der Waals surface area contributed by atoms with Crippen molar-refractivity contribution in [3.8, 4) is 11.5 Å². The molecule has 0 bridgehead atoms. The van der Waals surface area contributed by atoms with Crippen LogP contribution in [0.5, 0.6) is 11.5 Å². The van der Waals surface area contributed by atoms with Gasteiger partial charge in [-0.3, -0.25) is 4.79 Å². The third-order valence-corrected chi connectivity index (χ3v) is 4.06. The summed E-state index contributed by atoms with van der Waals surface area (Å²) in [4.78, 5) is 12.3. The molecule has 0 fully saturated rings. The first-order valence-corrected chi connectivity index (χ1v) is 7.04. The minimum absolute atomic E-state index is 0.0123. The van der Waals surface area contributed by atoms with E-state index in [0.717, 1.165) is 0 Å². The summed E-state index contributed by atoms with van der Waals surface area (Å²) in [5.41, 5.74) is -0.461. The van der Waals surface area contributed by atoms with E-state index >= 15 is 0 Å². The number of amides is 1. The Morgan fingerprint density at radius 1 is 1.13 bits per heavy atom. The Kier molecular flexibility index (Phi) is 3.71. The Bertz CT molecular complexity index is 743. The van der Waals surface area contributed by atoms with Crippen LogP contribution in [0.1, 0.15) is 11.1 Å². The molecule has 2 aromatic carbocycles. The van der Waals surface area contributed by atoms with Crippen LogP contribution in [0.2, 0.25) is 0 Å². The number of carbonyl (C=O) groups is 1. The third kappa shape index (κ3) is 2.32. The second-order valence-corrected chi connectivity index (χ2v) is 5.33. The molecule has 6 heteroatoms. The molecule has 120 valence electrons. The quantitative estimate of drug-likeness (QED) is 0.749. The highest BCUT2D eigenvalue weighted by atomic mass is 16.5. The average molecular weight is 315 g/mol. The summed E-state index contributed by atoms with van der Waals surface area (Å²) < 4.78 is 10.4. The minimum atomic E-state index is -1.72. The number of carbonyl (C=O) groups excluding carboxylic acids is 1. The summed E-state index contributed by atoms with van der Waals surface area (Å²) in [6.45, 7) is 0. The van der Waals surface area contributed by atoms with Crippen molar-refractivity contribution in [1.82, 2.24) is 0 Å². The molecule has 2 unspecified atom stereocenters. The van der Waals surface area contributed by atoms with Gasteiger partial charge in [-0.2, -0.15) is 0 Å². The van der Waals surface area contributed by atoms with E-state index in [0.29, 0.717) is 22.6 Å². The van der Waals surface area contributed by atoms with Crippen molar-refractivity contribution in [1.29, 1.82) is 0 Å². The summed E-state index contributed by atoms with van der Waals surface area (Å²) in [5, 5.41) is 23.8. The van der Waals surface area contributed by atoms with Crippen molar-refractivity contribution in [3.05, 3.63) is 53.6 Å². The highest BCUT2D eigenvalue weighted by Gasteiger charge is 2.49. The van der Waals surface area contributed by atoms with Gasteiger partial charge in [0, 0.05) is 18.4 Å². The van der Waals surface area contributed by atoms with E-state index in [-0.39, 0.29) is 5.75 Å². The number of nitrogens with one attached hydrogen (secondary N) is 1. The molecule has 1 aliphatic heterocycles. The largest absolute Gasteiger partial charge is 0.508 e. The Balaban J connectivity index is 2.23. The van der Waals surface area contributed by atoms with Crippen LogP contribution in [0.3, 0.4) is 0 Å². The fraction of sp³-hybridized carbons (Fsp3) is 0.235. The van der Waals surface area contributed by atoms with Crippen molar-refractivity contribution >= 4 is 11.6 Å². The van der Waals surface area contributed by atoms with Gasteiger partial charge < -0.3 is 25.0 Å². The maximum Gasteiger partial charge on any atom is 0.257 e. The van der Waals surface area contributed by atoms with Crippen molar-refractivity contribution in [2.24, 2.45) is 0 Å². The zero-order valence-electron chi connectivity index (χ0n) is 12.7. The first kappa shape index (κ1) is 15.3. The summed E-state index contributed by atoms with van der Waals surface area (Å²) in [6, 6.07) is 11.1. The molecule has 0 saturated heterocycles. The van der Waals surface area contributed by atoms with Gasteiger partial charge in [0.25, 0.3) is 5.91 Å². The van der Waals surface area contributed by atoms with Crippen molar-refractivity contribution in [2.75, 3.05) is 19.5 Å². The second kappa shape index (κ2) is 5.57. The van der Waals surface area contributed by atoms with Gasteiger partial charge >= 0.3 is 0 Å². The molecule has 2 aromatic rings. The number of phenolic OH excluding ortho intramolecular Hbond substituents is 1. The molecule has 3 rings (SSSR count). The predicted octanol–water partition coefficient (Wildman–Crippen LogP) is 1.60. The molecular formula is C17H17NO5. The number of ether oxygens (including phenoxy) is 2. The Morgan fingerprint density at radius 2 is 1.83 bits per heavy atom. The molecule has 3 N–H and O–H groups in total. The van der Waals surface area contributed by atoms with Crippen LogP contribution in [-0.2, 0) is 15.1 Å². The van der Waals surface area contributed by atoms with Crippen LogP contribution in [0.4, 0.5) is 5.69 Å². The van der Waals surface area contributed by atoms with Gasteiger partial charge in [0.15, 0.2) is 11.7 Å². The van der Waals surface area contributed by atoms with Crippen LogP contribution in [0, 0.1) is 0 Å². The summed E-state index contributed by atoms with van der Waals surface area (Å²) >= 11 is 0. The number of hydrogen-bond donors (Lipinski definition) is 3. The molecular weight excluding hydrogens is 298 g/mol. The highest BCUT2D eigenvalue weighted by molar-refractivity contribution is 5.99. The van der Waals surface area contributed by atoms with Gasteiger partial charge in [0.2, 0.25) is 0 Å². The smallest absolute Gasteiger partial charge is 0.257 e. The van der Waals surface area contributed by atoms with E-state index < -0.39 is 17.6 Å². The van der Waals surface area contributed by atoms with E-state index in [2.05, 4.69) is 5.32 Å². The molecule has 0 radical (unpaired) electrons. The number of methoxy groups -OCH3 is 2. The van der Waals surface area contributed by atoms with Gasteiger partial charge in [-0.05, 0) is 35.9 Å². The van der Waals surface area contributed by atoms with Gasteiger partial charge in [0.1, 0.15) is 11.5 Å². The number of aliphatic hydroxyl groups is 1. The molecule has 1 heterocycles. The molecule has 0 aromatic heterocycles. The third-order valence-electron chi connectivity index (χ3n) is 4.06. The van der Waals surface area contributed by atoms with E-state index in [1.165, 1.54) is 19.2 Å². The van der Waals surface area contributed by atoms with E-state index in [9.17, 15) is 15.0 Å². The maximum atomic E-state index is 12.3. The number of fused-ring (bicyclic) bond motifs is 1. The monoisotopic (exact) mass is 315 g/mol. The molecule has 2 atom stereocenters.